The Morgan fingerprint density at radius 1 is 1.38 bits per heavy atom. The van der Waals surface area contributed by atoms with Crippen LogP contribution in [0.2, 0.25) is 0 Å². The molecule has 0 bridgehead atoms. The average Bonchev–Trinajstić information content (AvgIpc) is 3.22. The monoisotopic (exact) mass is 293 g/mol. The molecule has 1 saturated carbocycles. The van der Waals surface area contributed by atoms with Gasteiger partial charge in [0.2, 0.25) is 0 Å². The van der Waals surface area contributed by atoms with Gasteiger partial charge in [0.05, 0.1) is 19.6 Å². The fourth-order valence-electron chi connectivity index (χ4n) is 2.57. The molecule has 0 heterocycles. The first-order valence-electron chi connectivity index (χ1n) is 7.23. The van der Waals surface area contributed by atoms with Crippen molar-refractivity contribution in [1.29, 1.82) is 0 Å². The van der Waals surface area contributed by atoms with Crippen molar-refractivity contribution < 1.29 is 19.7 Å². The summed E-state index contributed by atoms with van der Waals surface area (Å²) in [6.07, 6.45) is 1.15. The molecular formula is C16H23NO4. The highest BCUT2D eigenvalue weighted by atomic mass is 16.5. The van der Waals surface area contributed by atoms with Gasteiger partial charge >= 0.3 is 5.97 Å². The van der Waals surface area contributed by atoms with E-state index in [1.807, 2.05) is 26.0 Å². The van der Waals surface area contributed by atoms with E-state index in [9.17, 15) is 9.90 Å². The molecule has 21 heavy (non-hydrogen) atoms. The van der Waals surface area contributed by atoms with Gasteiger partial charge in [-0.25, -0.2) is 0 Å². The number of aliphatic hydroxyl groups excluding tert-OH is 1. The van der Waals surface area contributed by atoms with Gasteiger partial charge < -0.3 is 20.3 Å². The van der Waals surface area contributed by atoms with Gasteiger partial charge in [-0.2, -0.15) is 0 Å². The third-order valence-corrected chi connectivity index (χ3v) is 3.90. The zero-order chi connectivity index (χ0) is 15.6. The highest BCUT2D eigenvalue weighted by molar-refractivity contribution is 5.67. The van der Waals surface area contributed by atoms with Crippen LogP contribution < -0.4 is 10.1 Å². The summed E-state index contributed by atoms with van der Waals surface area (Å²) in [7, 11) is 1.61. The van der Waals surface area contributed by atoms with Crippen molar-refractivity contribution in [2.45, 2.75) is 51.3 Å². The number of aliphatic hydroxyl groups is 1. The molecule has 0 aromatic heterocycles. The Morgan fingerprint density at radius 2 is 2.05 bits per heavy atom. The summed E-state index contributed by atoms with van der Waals surface area (Å²) in [5.74, 6) is -0.136. The minimum absolute atomic E-state index is 0.0951. The van der Waals surface area contributed by atoms with Crippen molar-refractivity contribution in [2.75, 3.05) is 7.11 Å². The van der Waals surface area contributed by atoms with Gasteiger partial charge in [0, 0.05) is 12.1 Å². The van der Waals surface area contributed by atoms with E-state index in [0.29, 0.717) is 6.04 Å². The number of carbonyl (C=O) groups is 1. The Hall–Kier alpha value is -1.59. The maximum absolute atomic E-state index is 11.0. The summed E-state index contributed by atoms with van der Waals surface area (Å²) in [5, 5.41) is 22.9. The first-order chi connectivity index (χ1) is 9.92. The smallest absolute Gasteiger partial charge is 0.305 e. The second kappa shape index (κ2) is 6.45. The van der Waals surface area contributed by atoms with Gasteiger partial charge in [0.1, 0.15) is 5.75 Å². The van der Waals surface area contributed by atoms with Gasteiger partial charge in [0.15, 0.2) is 0 Å². The van der Waals surface area contributed by atoms with Gasteiger partial charge in [0.25, 0.3) is 0 Å². The van der Waals surface area contributed by atoms with Gasteiger partial charge in [-0.1, -0.05) is 0 Å². The molecule has 1 aliphatic carbocycles. The number of aliphatic carboxylic acids is 1. The molecule has 0 amide bonds. The van der Waals surface area contributed by atoms with E-state index in [2.05, 4.69) is 5.32 Å². The summed E-state index contributed by atoms with van der Waals surface area (Å²) >= 11 is 0. The molecule has 1 aliphatic rings. The lowest BCUT2D eigenvalue weighted by molar-refractivity contribution is -0.138. The number of carboxylic acids is 1. The second-order valence-electron chi connectivity index (χ2n) is 5.77. The van der Waals surface area contributed by atoms with Crippen LogP contribution in [-0.4, -0.2) is 35.4 Å². The number of hydrogen-bond acceptors (Lipinski definition) is 4. The van der Waals surface area contributed by atoms with Crippen LogP contribution in [-0.2, 0) is 4.79 Å². The number of methoxy groups -OCH3 is 1. The lowest BCUT2D eigenvalue weighted by Crippen LogP contribution is -2.38. The van der Waals surface area contributed by atoms with Crippen LogP contribution in [0.5, 0.6) is 5.75 Å². The first-order valence-corrected chi connectivity index (χ1v) is 7.23. The van der Waals surface area contributed by atoms with E-state index in [1.54, 1.807) is 7.11 Å². The molecule has 2 unspecified atom stereocenters. The zero-order valence-corrected chi connectivity index (χ0v) is 12.7. The molecule has 0 aliphatic heterocycles. The van der Waals surface area contributed by atoms with E-state index in [4.69, 9.17) is 9.84 Å². The van der Waals surface area contributed by atoms with Crippen LogP contribution >= 0.6 is 0 Å². The average molecular weight is 293 g/mol. The van der Waals surface area contributed by atoms with Crippen molar-refractivity contribution in [1.82, 2.24) is 5.32 Å². The number of aryl methyl sites for hydroxylation is 2. The SMILES string of the molecule is COc1cc(C)c(C(O)C(CC(=O)O)NC2CC2)cc1C. The molecule has 1 aromatic rings. The Kier molecular flexibility index (Phi) is 4.85. The second-order valence-corrected chi connectivity index (χ2v) is 5.77. The van der Waals surface area contributed by atoms with Gasteiger partial charge in [-0.05, 0) is 55.5 Å². The maximum Gasteiger partial charge on any atom is 0.305 e. The summed E-state index contributed by atoms with van der Waals surface area (Å²) < 4.78 is 5.27. The topological polar surface area (TPSA) is 78.8 Å². The Balaban J connectivity index is 2.24. The van der Waals surface area contributed by atoms with Crippen LogP contribution in [0.3, 0.4) is 0 Å². The molecule has 0 saturated heterocycles. The van der Waals surface area contributed by atoms with Crippen LogP contribution in [0.1, 0.15) is 42.1 Å². The lowest BCUT2D eigenvalue weighted by atomic mass is 9.94. The molecule has 5 nitrogen and oxygen atoms in total. The van der Waals surface area contributed by atoms with Gasteiger partial charge in [-0.3, -0.25) is 4.79 Å². The van der Waals surface area contributed by atoms with Crippen LogP contribution in [0.4, 0.5) is 0 Å². The lowest BCUT2D eigenvalue weighted by Gasteiger charge is -2.25. The third-order valence-electron chi connectivity index (χ3n) is 3.90. The molecule has 2 atom stereocenters. The minimum Gasteiger partial charge on any atom is -0.496 e. The summed E-state index contributed by atoms with van der Waals surface area (Å²) in [6.45, 7) is 3.81. The van der Waals surface area contributed by atoms with Crippen molar-refractivity contribution in [2.24, 2.45) is 0 Å². The molecular weight excluding hydrogens is 270 g/mol. The number of benzene rings is 1. The molecule has 1 fully saturated rings. The highest BCUT2D eigenvalue weighted by Gasteiger charge is 2.31. The fraction of sp³-hybridized carbons (Fsp3) is 0.562. The number of hydrogen-bond donors (Lipinski definition) is 3. The molecule has 116 valence electrons. The highest BCUT2D eigenvalue weighted by Crippen LogP contribution is 2.30. The van der Waals surface area contributed by atoms with Crippen LogP contribution in [0, 0.1) is 13.8 Å². The maximum atomic E-state index is 11.0. The Bertz CT molecular complexity index is 525. The molecule has 0 spiro atoms. The number of carboxylic acid groups (broad SMARTS) is 1. The predicted molar refractivity (Wildman–Crippen MR) is 79.6 cm³/mol. The number of ether oxygens (including phenoxy) is 1. The van der Waals surface area contributed by atoms with E-state index in [-0.39, 0.29) is 6.42 Å². The third kappa shape index (κ3) is 3.95. The Labute approximate surface area is 124 Å². The Morgan fingerprint density at radius 3 is 2.57 bits per heavy atom. The van der Waals surface area contributed by atoms with Crippen LogP contribution in [0.15, 0.2) is 12.1 Å². The molecule has 5 heteroatoms. The minimum atomic E-state index is -0.907. The summed E-state index contributed by atoms with van der Waals surface area (Å²) in [4.78, 5) is 11.0. The van der Waals surface area contributed by atoms with Crippen molar-refractivity contribution >= 4 is 5.97 Å². The van der Waals surface area contributed by atoms with E-state index in [1.165, 1.54) is 0 Å². The quantitative estimate of drug-likeness (QED) is 0.716. The first kappa shape index (κ1) is 15.8. The van der Waals surface area contributed by atoms with Gasteiger partial charge in [-0.15, -0.1) is 0 Å². The summed E-state index contributed by atoms with van der Waals surface area (Å²) in [5.41, 5.74) is 2.59. The predicted octanol–water partition coefficient (Wildman–Crippen LogP) is 1.94. The molecule has 1 aromatic carbocycles. The molecule has 3 N–H and O–H groups in total. The standard InChI is InChI=1S/C16H23NO4/c1-9-7-14(21-3)10(2)6-12(9)16(20)13(8-15(18)19)17-11-4-5-11/h6-7,11,13,16-17,20H,4-5,8H2,1-3H3,(H,18,19). The number of nitrogens with one attached hydrogen (secondary N) is 1. The van der Waals surface area contributed by atoms with Crippen LogP contribution in [0.25, 0.3) is 0 Å². The van der Waals surface area contributed by atoms with Crippen molar-refractivity contribution in [3.63, 3.8) is 0 Å². The summed E-state index contributed by atoms with van der Waals surface area (Å²) in [6, 6.07) is 3.62. The largest absolute Gasteiger partial charge is 0.496 e. The normalized spacial score (nSPS) is 17.3. The zero-order valence-electron chi connectivity index (χ0n) is 12.7. The van der Waals surface area contributed by atoms with Crippen molar-refractivity contribution in [3.8, 4) is 5.75 Å². The van der Waals surface area contributed by atoms with E-state index in [0.717, 1.165) is 35.3 Å². The van der Waals surface area contributed by atoms with E-state index < -0.39 is 18.1 Å². The fourth-order valence-corrected chi connectivity index (χ4v) is 2.57. The van der Waals surface area contributed by atoms with E-state index >= 15 is 0 Å². The molecule has 2 rings (SSSR count). The van der Waals surface area contributed by atoms with Crippen molar-refractivity contribution in [3.05, 3.63) is 28.8 Å². The molecule has 0 radical (unpaired) electrons. The number of rotatable bonds is 7.